The van der Waals surface area contributed by atoms with Crippen LogP contribution in [-0.4, -0.2) is 6.03 Å². The van der Waals surface area contributed by atoms with Crippen molar-refractivity contribution < 1.29 is 4.79 Å². The molecule has 2 aromatic carbocycles. The molecule has 2 rings (SSSR count). The minimum absolute atomic E-state index is 0.400. The second-order valence-electron chi connectivity index (χ2n) is 4.07. The molecule has 3 nitrogen and oxygen atoms in total. The van der Waals surface area contributed by atoms with E-state index >= 15 is 0 Å². The molecule has 0 heterocycles. The van der Waals surface area contributed by atoms with Crippen LogP contribution in [0.2, 0.25) is 10.0 Å². The van der Waals surface area contributed by atoms with Crippen LogP contribution in [0.5, 0.6) is 0 Å². The summed E-state index contributed by atoms with van der Waals surface area (Å²) in [5, 5.41) is 6.17. The quantitative estimate of drug-likeness (QED) is 0.367. The average Bonchev–Trinajstić information content (AvgIpc) is 2.38. The molecule has 9 heteroatoms. The average molecular weight is 597 g/mol. The summed E-state index contributed by atoms with van der Waals surface area (Å²) in [5.74, 6) is 0. The van der Waals surface area contributed by atoms with Crippen LogP contribution in [0.25, 0.3) is 0 Å². The molecule has 2 amide bonds. The van der Waals surface area contributed by atoms with Gasteiger partial charge in [-0.1, -0.05) is 55.1 Å². The monoisotopic (exact) mass is 592 g/mol. The van der Waals surface area contributed by atoms with Gasteiger partial charge in [0.05, 0.1) is 21.4 Å². The highest BCUT2D eigenvalue weighted by Crippen LogP contribution is 2.36. The fourth-order valence-corrected chi connectivity index (χ4v) is 5.26. The van der Waals surface area contributed by atoms with Crippen molar-refractivity contribution in [1.29, 1.82) is 0 Å². The van der Waals surface area contributed by atoms with Crippen LogP contribution in [-0.2, 0) is 0 Å². The summed E-state index contributed by atoms with van der Waals surface area (Å²) >= 11 is 25.6. The summed E-state index contributed by atoms with van der Waals surface area (Å²) in [6.45, 7) is 0. The molecule has 0 aliphatic carbocycles. The first-order valence-corrected chi connectivity index (χ1v) is 9.58. The third kappa shape index (κ3) is 4.61. The van der Waals surface area contributed by atoms with Crippen molar-refractivity contribution in [3.8, 4) is 0 Å². The Morgan fingerprint density at radius 3 is 1.45 bits per heavy atom. The molecule has 0 spiro atoms. The van der Waals surface area contributed by atoms with Gasteiger partial charge >= 0.3 is 6.03 Å². The molecule has 0 unspecified atom stereocenters. The van der Waals surface area contributed by atoms with Crippen molar-refractivity contribution >= 4 is 104 Å². The van der Waals surface area contributed by atoms with E-state index in [9.17, 15) is 4.79 Å². The van der Waals surface area contributed by atoms with Gasteiger partial charge < -0.3 is 10.6 Å². The largest absolute Gasteiger partial charge is 0.323 e. The normalized spacial score (nSPS) is 10.5. The zero-order valence-corrected chi connectivity index (χ0v) is 18.3. The summed E-state index contributed by atoms with van der Waals surface area (Å²) in [6, 6.07) is 6.47. The molecular formula is C13H6Br4Cl2N2O. The van der Waals surface area contributed by atoms with E-state index in [2.05, 4.69) is 74.4 Å². The van der Waals surface area contributed by atoms with Crippen molar-refractivity contribution in [2.75, 3.05) is 10.6 Å². The van der Waals surface area contributed by atoms with E-state index in [1.54, 1.807) is 24.3 Å². The predicted molar refractivity (Wildman–Crippen MR) is 106 cm³/mol. The minimum atomic E-state index is -0.463. The zero-order chi connectivity index (χ0) is 16.4. The maximum Gasteiger partial charge on any atom is 0.323 e. The lowest BCUT2D eigenvalue weighted by Crippen LogP contribution is -2.20. The Morgan fingerprint density at radius 1 is 0.773 bits per heavy atom. The molecule has 0 saturated heterocycles. The van der Waals surface area contributed by atoms with Gasteiger partial charge in [0, 0.05) is 17.9 Å². The molecule has 0 aliphatic heterocycles. The molecule has 2 N–H and O–H groups in total. The number of halogens is 6. The number of hydrogen-bond donors (Lipinski definition) is 2. The van der Waals surface area contributed by atoms with Gasteiger partial charge in [0.15, 0.2) is 0 Å². The lowest BCUT2D eigenvalue weighted by atomic mass is 10.3. The fraction of sp³-hybridized carbons (Fsp3) is 0. The highest BCUT2D eigenvalue weighted by Gasteiger charge is 2.14. The molecule has 0 bridgehead atoms. The predicted octanol–water partition coefficient (Wildman–Crippen LogP) is 7.69. The number of urea groups is 1. The van der Waals surface area contributed by atoms with E-state index < -0.39 is 6.03 Å². The number of carbonyl (C=O) groups excluding carboxylic acids is 1. The van der Waals surface area contributed by atoms with Crippen molar-refractivity contribution in [3.63, 3.8) is 0 Å². The van der Waals surface area contributed by atoms with Gasteiger partial charge in [-0.25, -0.2) is 4.79 Å². The van der Waals surface area contributed by atoms with Crippen LogP contribution in [0.4, 0.5) is 16.2 Å². The van der Waals surface area contributed by atoms with Crippen molar-refractivity contribution in [2.45, 2.75) is 0 Å². The summed E-state index contributed by atoms with van der Waals surface area (Å²) in [4.78, 5) is 12.2. The Morgan fingerprint density at radius 2 is 1.14 bits per heavy atom. The van der Waals surface area contributed by atoms with Gasteiger partial charge in [-0.05, 0) is 56.1 Å². The van der Waals surface area contributed by atoms with Crippen LogP contribution in [0.3, 0.4) is 0 Å². The Hall–Kier alpha value is 0.210. The number of benzene rings is 2. The number of nitrogens with one attached hydrogen (secondary N) is 2. The molecule has 22 heavy (non-hydrogen) atoms. The summed E-state index contributed by atoms with van der Waals surface area (Å²) < 4.78 is 2.91. The van der Waals surface area contributed by atoms with Gasteiger partial charge in [-0.3, -0.25) is 0 Å². The number of hydrogen-bond acceptors (Lipinski definition) is 1. The lowest BCUT2D eigenvalue weighted by molar-refractivity contribution is 0.262. The second kappa shape index (κ2) is 7.85. The van der Waals surface area contributed by atoms with E-state index in [1.807, 2.05) is 0 Å². The van der Waals surface area contributed by atoms with Crippen molar-refractivity contribution in [2.24, 2.45) is 0 Å². The first-order valence-electron chi connectivity index (χ1n) is 5.65. The van der Waals surface area contributed by atoms with E-state index in [-0.39, 0.29) is 0 Å². The molecule has 116 valence electrons. The van der Waals surface area contributed by atoms with Gasteiger partial charge in [0.2, 0.25) is 0 Å². The van der Waals surface area contributed by atoms with Crippen LogP contribution in [0, 0.1) is 0 Å². The highest BCUT2D eigenvalue weighted by molar-refractivity contribution is 9.11. The Balaban J connectivity index is 2.22. The number of anilines is 2. The zero-order valence-electron chi connectivity index (χ0n) is 10.5. The number of carbonyl (C=O) groups is 1. The molecule has 0 saturated carbocycles. The summed E-state index contributed by atoms with van der Waals surface area (Å²) in [7, 11) is 0. The Bertz CT molecular complexity index is 647. The van der Waals surface area contributed by atoms with Gasteiger partial charge in [0.25, 0.3) is 0 Å². The summed E-state index contributed by atoms with van der Waals surface area (Å²) in [6.07, 6.45) is 0. The van der Waals surface area contributed by atoms with E-state index in [0.717, 1.165) is 8.95 Å². The van der Waals surface area contributed by atoms with Gasteiger partial charge in [0.1, 0.15) is 0 Å². The standard InChI is InChI=1S/C13H6Br4Cl2N2O/c14-5-1-7(16)11(9(18)3-5)20-13(22)21-12-8(17)2-6(15)4-10(12)19/h1-4H,(H2,20,21,22). The van der Waals surface area contributed by atoms with Crippen molar-refractivity contribution in [1.82, 2.24) is 0 Å². The van der Waals surface area contributed by atoms with Crippen LogP contribution >= 0.6 is 86.9 Å². The Kier molecular flexibility index (Phi) is 6.62. The van der Waals surface area contributed by atoms with Gasteiger partial charge in [-0.15, -0.1) is 0 Å². The number of amides is 2. The molecular weight excluding hydrogens is 591 g/mol. The topological polar surface area (TPSA) is 41.1 Å². The van der Waals surface area contributed by atoms with Gasteiger partial charge in [-0.2, -0.15) is 0 Å². The fourth-order valence-electron chi connectivity index (χ4n) is 1.58. The smallest absolute Gasteiger partial charge is 0.305 e. The third-order valence-corrected chi connectivity index (χ3v) is 5.25. The molecule has 0 fully saturated rings. The van der Waals surface area contributed by atoms with Crippen LogP contribution in [0.1, 0.15) is 0 Å². The third-order valence-electron chi connectivity index (χ3n) is 2.49. The SMILES string of the molecule is O=C(Nc1c(Cl)cc(Br)cc1Br)Nc1c(Cl)cc(Br)cc1Br. The highest BCUT2D eigenvalue weighted by atomic mass is 79.9. The maximum atomic E-state index is 12.2. The molecule has 0 aliphatic rings. The summed E-state index contributed by atoms with van der Waals surface area (Å²) in [5.41, 5.74) is 0.929. The van der Waals surface area contributed by atoms with Crippen LogP contribution < -0.4 is 10.6 Å². The molecule has 0 aromatic heterocycles. The second-order valence-corrected chi connectivity index (χ2v) is 8.42. The first kappa shape index (κ1) is 18.5. The van der Waals surface area contributed by atoms with E-state index in [4.69, 9.17) is 23.2 Å². The molecule has 2 aromatic rings. The van der Waals surface area contributed by atoms with E-state index in [1.165, 1.54) is 0 Å². The molecule has 0 radical (unpaired) electrons. The van der Waals surface area contributed by atoms with Crippen molar-refractivity contribution in [3.05, 3.63) is 52.2 Å². The molecule has 0 atom stereocenters. The van der Waals surface area contributed by atoms with Crippen LogP contribution in [0.15, 0.2) is 42.2 Å². The number of rotatable bonds is 2. The lowest BCUT2D eigenvalue weighted by Gasteiger charge is -2.13. The first-order chi connectivity index (χ1) is 10.3. The minimum Gasteiger partial charge on any atom is -0.305 e. The Labute approximate surface area is 170 Å². The maximum absolute atomic E-state index is 12.2. The van der Waals surface area contributed by atoms with E-state index in [0.29, 0.717) is 30.4 Å².